The molecule has 1 saturated heterocycles. The summed E-state index contributed by atoms with van der Waals surface area (Å²) in [5, 5.41) is 7.27. The van der Waals surface area contributed by atoms with Gasteiger partial charge in [0, 0.05) is 48.3 Å². The van der Waals surface area contributed by atoms with E-state index in [4.69, 9.17) is 14.5 Å². The molecule has 45 heavy (non-hydrogen) atoms. The predicted molar refractivity (Wildman–Crippen MR) is 177 cm³/mol. The third-order valence-corrected chi connectivity index (χ3v) is 8.34. The fourth-order valence-electron chi connectivity index (χ4n) is 5.99. The molecular weight excluding hydrogens is 562 g/mol. The number of hydrogen-bond acceptors (Lipinski definition) is 5. The molecule has 1 N–H and O–H groups in total. The average Bonchev–Trinajstić information content (AvgIpc) is 3.60. The molecule has 1 fully saturated rings. The second-order valence-electron chi connectivity index (χ2n) is 12.3. The van der Waals surface area contributed by atoms with Gasteiger partial charge in [-0.3, -0.25) is 9.48 Å². The lowest BCUT2D eigenvalue weighted by Crippen LogP contribution is -2.37. The summed E-state index contributed by atoms with van der Waals surface area (Å²) in [5.74, 6) is 1.27. The Hall–Kier alpha value is -4.53. The number of aryl methyl sites for hydroxylation is 2. The molecule has 8 nitrogen and oxygen atoms in total. The maximum absolute atomic E-state index is 11.4. The zero-order valence-corrected chi connectivity index (χ0v) is 26.3. The van der Waals surface area contributed by atoms with Crippen LogP contribution in [-0.4, -0.2) is 38.5 Å². The fraction of sp³-hybridized carbons (Fsp3) is 0.324. The molecule has 1 aliphatic heterocycles. The van der Waals surface area contributed by atoms with Gasteiger partial charge in [0.2, 0.25) is 12.2 Å². The number of ether oxygens (including phenoxy) is 2. The van der Waals surface area contributed by atoms with E-state index in [9.17, 15) is 4.79 Å². The SMILES string of the molecule is CC(=O)Nc1cc(C)n(CCCCC2(C)COC(c3nc(-c4ccccc4)c(-c4ccccc4)n3Cc3ccccc3)OC2)n1. The van der Waals surface area contributed by atoms with Gasteiger partial charge in [0.05, 0.1) is 24.6 Å². The first-order chi connectivity index (χ1) is 21.9. The van der Waals surface area contributed by atoms with Crippen molar-refractivity contribution in [1.82, 2.24) is 19.3 Å². The van der Waals surface area contributed by atoms with Gasteiger partial charge < -0.3 is 19.4 Å². The highest BCUT2D eigenvalue weighted by Crippen LogP contribution is 2.40. The summed E-state index contributed by atoms with van der Waals surface area (Å²) in [6.45, 7) is 8.37. The van der Waals surface area contributed by atoms with E-state index in [-0.39, 0.29) is 11.3 Å². The van der Waals surface area contributed by atoms with Gasteiger partial charge in [-0.1, -0.05) is 104 Å². The van der Waals surface area contributed by atoms with Crippen molar-refractivity contribution in [3.8, 4) is 22.5 Å². The van der Waals surface area contributed by atoms with Crippen LogP contribution in [0.1, 0.15) is 56.5 Å². The number of imidazole rings is 1. The van der Waals surface area contributed by atoms with E-state index in [1.54, 1.807) is 0 Å². The molecule has 0 radical (unpaired) electrons. The van der Waals surface area contributed by atoms with E-state index < -0.39 is 6.29 Å². The minimum absolute atomic E-state index is 0.0988. The lowest BCUT2D eigenvalue weighted by molar-refractivity contribution is -0.236. The van der Waals surface area contributed by atoms with Gasteiger partial charge in [0.25, 0.3) is 0 Å². The lowest BCUT2D eigenvalue weighted by atomic mass is 9.86. The molecular formula is C37H41N5O3. The first-order valence-electron chi connectivity index (χ1n) is 15.7. The summed E-state index contributed by atoms with van der Waals surface area (Å²) in [6.07, 6.45) is 2.40. The second kappa shape index (κ2) is 13.6. The number of carbonyl (C=O) groups is 1. The highest BCUT2D eigenvalue weighted by atomic mass is 16.7. The van der Waals surface area contributed by atoms with Crippen molar-refractivity contribution in [3.63, 3.8) is 0 Å². The van der Waals surface area contributed by atoms with E-state index >= 15 is 0 Å². The Morgan fingerprint density at radius 2 is 1.53 bits per heavy atom. The molecule has 0 saturated carbocycles. The molecule has 0 spiro atoms. The van der Waals surface area contributed by atoms with E-state index in [1.165, 1.54) is 12.5 Å². The minimum Gasteiger partial charge on any atom is -0.345 e. The summed E-state index contributed by atoms with van der Waals surface area (Å²) in [5.41, 5.74) is 6.25. The molecule has 0 bridgehead atoms. The molecule has 1 amide bonds. The second-order valence-corrected chi connectivity index (χ2v) is 12.3. The summed E-state index contributed by atoms with van der Waals surface area (Å²) in [7, 11) is 0. The van der Waals surface area contributed by atoms with Crippen molar-refractivity contribution in [2.75, 3.05) is 18.5 Å². The van der Waals surface area contributed by atoms with Gasteiger partial charge in [0.1, 0.15) is 0 Å². The monoisotopic (exact) mass is 603 g/mol. The highest BCUT2D eigenvalue weighted by molar-refractivity contribution is 5.87. The maximum Gasteiger partial charge on any atom is 0.222 e. The van der Waals surface area contributed by atoms with Crippen molar-refractivity contribution in [2.45, 2.75) is 59.4 Å². The number of nitrogens with zero attached hydrogens (tertiary/aromatic N) is 4. The predicted octanol–water partition coefficient (Wildman–Crippen LogP) is 7.65. The first-order valence-corrected chi connectivity index (χ1v) is 15.7. The standard InChI is InChI=1S/C37H41N5O3/c1-27-23-32(38-28(2)43)40-42(27)22-14-13-21-37(3)25-44-36(45-26-37)35-39-33(30-17-9-5-10-18-30)34(31-19-11-6-12-20-31)41(35)24-29-15-7-4-8-16-29/h4-12,15-20,23,36H,13-14,21-22,24-26H2,1-3H3,(H,38,40,43). The summed E-state index contributed by atoms with van der Waals surface area (Å²) < 4.78 is 17.2. The fourth-order valence-corrected chi connectivity index (χ4v) is 5.99. The van der Waals surface area contributed by atoms with Gasteiger partial charge in [-0.15, -0.1) is 0 Å². The Balaban J connectivity index is 1.20. The molecule has 3 aromatic carbocycles. The Labute approximate surface area is 265 Å². The van der Waals surface area contributed by atoms with E-state index in [0.717, 1.165) is 59.8 Å². The molecule has 232 valence electrons. The summed E-state index contributed by atoms with van der Waals surface area (Å²) in [4.78, 5) is 16.6. The van der Waals surface area contributed by atoms with Crippen molar-refractivity contribution >= 4 is 11.7 Å². The smallest absolute Gasteiger partial charge is 0.222 e. The number of rotatable bonds is 11. The zero-order valence-electron chi connectivity index (χ0n) is 26.3. The summed E-state index contributed by atoms with van der Waals surface area (Å²) in [6, 6.07) is 33.2. The van der Waals surface area contributed by atoms with Crippen molar-refractivity contribution in [2.24, 2.45) is 5.41 Å². The zero-order chi connectivity index (χ0) is 31.2. The largest absolute Gasteiger partial charge is 0.345 e. The third-order valence-electron chi connectivity index (χ3n) is 8.34. The van der Waals surface area contributed by atoms with Crippen LogP contribution >= 0.6 is 0 Å². The highest BCUT2D eigenvalue weighted by Gasteiger charge is 2.36. The van der Waals surface area contributed by atoms with E-state index in [1.807, 2.05) is 35.9 Å². The normalized spacial score (nSPS) is 18.2. The Bertz CT molecular complexity index is 1710. The summed E-state index contributed by atoms with van der Waals surface area (Å²) >= 11 is 0. The van der Waals surface area contributed by atoms with Gasteiger partial charge in [0.15, 0.2) is 11.6 Å². The topological polar surface area (TPSA) is 83.2 Å². The number of aromatic nitrogens is 4. The Morgan fingerprint density at radius 3 is 2.18 bits per heavy atom. The van der Waals surface area contributed by atoms with Crippen LogP contribution < -0.4 is 5.32 Å². The third kappa shape index (κ3) is 7.24. The first kappa shape index (κ1) is 30.5. The molecule has 3 heterocycles. The Kier molecular flexibility index (Phi) is 9.23. The van der Waals surface area contributed by atoms with Crippen LogP contribution in [0.15, 0.2) is 97.1 Å². The van der Waals surface area contributed by atoms with Crippen LogP contribution in [0.25, 0.3) is 22.5 Å². The number of hydrogen-bond donors (Lipinski definition) is 1. The van der Waals surface area contributed by atoms with E-state index in [2.05, 4.69) is 94.7 Å². The number of anilines is 1. The average molecular weight is 604 g/mol. The van der Waals surface area contributed by atoms with Crippen LogP contribution in [0.5, 0.6) is 0 Å². The molecule has 0 aliphatic carbocycles. The maximum atomic E-state index is 11.4. The van der Waals surface area contributed by atoms with Crippen LogP contribution in [0.3, 0.4) is 0 Å². The molecule has 0 unspecified atom stereocenters. The molecule has 8 heteroatoms. The number of nitrogens with one attached hydrogen (secondary N) is 1. The quantitative estimate of drug-likeness (QED) is 0.157. The minimum atomic E-state index is -0.569. The molecule has 6 rings (SSSR count). The van der Waals surface area contributed by atoms with E-state index in [0.29, 0.717) is 25.6 Å². The number of benzene rings is 3. The lowest BCUT2D eigenvalue weighted by Gasteiger charge is -2.37. The van der Waals surface area contributed by atoms with Crippen molar-refractivity contribution in [3.05, 3.63) is 114 Å². The Morgan fingerprint density at radius 1 is 0.911 bits per heavy atom. The molecule has 5 aromatic rings. The van der Waals surface area contributed by atoms with Gasteiger partial charge in [-0.2, -0.15) is 5.10 Å². The molecule has 2 aromatic heterocycles. The number of carbonyl (C=O) groups excluding carboxylic acids is 1. The van der Waals surface area contributed by atoms with Crippen molar-refractivity contribution < 1.29 is 14.3 Å². The molecule has 0 atom stereocenters. The number of unbranched alkanes of at least 4 members (excludes halogenated alkanes) is 1. The van der Waals surface area contributed by atoms with Crippen molar-refractivity contribution in [1.29, 1.82) is 0 Å². The van der Waals surface area contributed by atoms with Gasteiger partial charge >= 0.3 is 0 Å². The van der Waals surface area contributed by atoms with Gasteiger partial charge in [-0.05, 0) is 25.3 Å². The van der Waals surface area contributed by atoms with Gasteiger partial charge in [-0.25, -0.2) is 4.98 Å². The number of amides is 1. The van der Waals surface area contributed by atoms with Crippen LogP contribution in [0.2, 0.25) is 0 Å². The van der Waals surface area contributed by atoms with Crippen LogP contribution in [0.4, 0.5) is 5.82 Å². The van der Waals surface area contributed by atoms with Crippen LogP contribution in [-0.2, 0) is 27.4 Å². The molecule has 1 aliphatic rings. The van der Waals surface area contributed by atoms with Crippen LogP contribution in [0, 0.1) is 12.3 Å².